The maximum atomic E-state index is 12.5. The molecule has 0 spiro atoms. The van der Waals surface area contributed by atoms with Gasteiger partial charge in [0.1, 0.15) is 0 Å². The van der Waals surface area contributed by atoms with Gasteiger partial charge in [-0.05, 0) is 38.0 Å². The van der Waals surface area contributed by atoms with Gasteiger partial charge in [-0.1, -0.05) is 0 Å². The summed E-state index contributed by atoms with van der Waals surface area (Å²) >= 11 is 0. The molecule has 7 heteroatoms. The standard InChI is InChI=1S/C15H23N3O3S/c19-22(20,13-4-5-13)18-7-1-6-17-11-16-14(15(17)8-18)10-21-9-12-2-3-12/h11-13H,1-10H2. The molecule has 2 fully saturated rings. The van der Waals surface area contributed by atoms with E-state index in [4.69, 9.17) is 4.74 Å². The predicted molar refractivity (Wildman–Crippen MR) is 81.6 cm³/mol. The Hall–Kier alpha value is -0.920. The van der Waals surface area contributed by atoms with Crippen LogP contribution in [0, 0.1) is 5.92 Å². The van der Waals surface area contributed by atoms with Crippen LogP contribution in [0.3, 0.4) is 0 Å². The molecule has 2 heterocycles. The monoisotopic (exact) mass is 325 g/mol. The highest BCUT2D eigenvalue weighted by molar-refractivity contribution is 7.90. The van der Waals surface area contributed by atoms with Crippen LogP contribution >= 0.6 is 0 Å². The van der Waals surface area contributed by atoms with E-state index in [9.17, 15) is 8.42 Å². The molecule has 1 aromatic heterocycles. The minimum absolute atomic E-state index is 0.142. The molecule has 0 amide bonds. The van der Waals surface area contributed by atoms with Crippen LogP contribution < -0.4 is 0 Å². The minimum Gasteiger partial charge on any atom is -0.375 e. The van der Waals surface area contributed by atoms with Crippen molar-refractivity contribution in [3.8, 4) is 0 Å². The molecule has 0 saturated heterocycles. The Morgan fingerprint density at radius 2 is 2.05 bits per heavy atom. The van der Waals surface area contributed by atoms with Crippen molar-refractivity contribution in [1.82, 2.24) is 13.9 Å². The Morgan fingerprint density at radius 3 is 2.77 bits per heavy atom. The van der Waals surface area contributed by atoms with Crippen LogP contribution in [0.2, 0.25) is 0 Å². The van der Waals surface area contributed by atoms with Crippen molar-refractivity contribution < 1.29 is 13.2 Å². The van der Waals surface area contributed by atoms with Crippen molar-refractivity contribution in [3.63, 3.8) is 0 Å². The first kappa shape index (κ1) is 14.7. The Kier molecular flexibility index (Phi) is 3.74. The Labute approximate surface area is 131 Å². The number of aryl methyl sites for hydroxylation is 1. The van der Waals surface area contributed by atoms with Gasteiger partial charge in [0.2, 0.25) is 10.0 Å². The lowest BCUT2D eigenvalue weighted by Gasteiger charge is -2.20. The van der Waals surface area contributed by atoms with E-state index in [1.807, 2.05) is 6.33 Å². The average Bonchev–Trinajstić information content (AvgIpc) is 3.38. The zero-order chi connectivity index (χ0) is 15.2. The van der Waals surface area contributed by atoms with E-state index in [0.29, 0.717) is 19.7 Å². The summed E-state index contributed by atoms with van der Waals surface area (Å²) in [6.45, 7) is 3.19. The van der Waals surface area contributed by atoms with E-state index in [2.05, 4.69) is 9.55 Å². The number of aromatic nitrogens is 2. The van der Waals surface area contributed by atoms with Crippen LogP contribution in [-0.2, 0) is 34.5 Å². The van der Waals surface area contributed by atoms with Crippen LogP contribution in [-0.4, -0.2) is 40.7 Å². The van der Waals surface area contributed by atoms with E-state index in [1.165, 1.54) is 12.8 Å². The molecular formula is C15H23N3O3S. The number of ether oxygens (including phenoxy) is 1. The maximum absolute atomic E-state index is 12.5. The third kappa shape index (κ3) is 2.94. The van der Waals surface area contributed by atoms with Gasteiger partial charge in [-0.15, -0.1) is 0 Å². The molecule has 0 bridgehead atoms. The molecule has 2 saturated carbocycles. The van der Waals surface area contributed by atoms with Crippen molar-refractivity contribution in [2.24, 2.45) is 5.92 Å². The molecule has 0 unspecified atom stereocenters. The molecule has 122 valence electrons. The summed E-state index contributed by atoms with van der Waals surface area (Å²) in [7, 11) is -3.12. The molecule has 3 aliphatic rings. The lowest BCUT2D eigenvalue weighted by atomic mass is 10.3. The summed E-state index contributed by atoms with van der Waals surface area (Å²) in [5.74, 6) is 0.730. The summed E-state index contributed by atoms with van der Waals surface area (Å²) in [4.78, 5) is 4.45. The fourth-order valence-corrected chi connectivity index (χ4v) is 4.85. The van der Waals surface area contributed by atoms with Gasteiger partial charge in [-0.25, -0.2) is 13.4 Å². The fourth-order valence-electron chi connectivity index (χ4n) is 3.01. The Morgan fingerprint density at radius 1 is 1.23 bits per heavy atom. The molecule has 0 atom stereocenters. The topological polar surface area (TPSA) is 64.4 Å². The first-order valence-electron chi connectivity index (χ1n) is 8.24. The van der Waals surface area contributed by atoms with Gasteiger partial charge >= 0.3 is 0 Å². The molecule has 22 heavy (non-hydrogen) atoms. The summed E-state index contributed by atoms with van der Waals surface area (Å²) < 4.78 is 34.5. The molecule has 6 nitrogen and oxygen atoms in total. The van der Waals surface area contributed by atoms with Crippen LogP contribution in [0.1, 0.15) is 43.5 Å². The molecule has 0 radical (unpaired) electrons. The number of hydrogen-bond donors (Lipinski definition) is 0. The quantitative estimate of drug-likeness (QED) is 0.795. The van der Waals surface area contributed by atoms with Crippen molar-refractivity contribution in [1.29, 1.82) is 0 Å². The minimum atomic E-state index is -3.12. The van der Waals surface area contributed by atoms with Crippen molar-refractivity contribution in [2.75, 3.05) is 13.2 Å². The number of imidazole rings is 1. The second-order valence-electron chi connectivity index (χ2n) is 6.72. The van der Waals surface area contributed by atoms with E-state index in [1.54, 1.807) is 4.31 Å². The van der Waals surface area contributed by atoms with Gasteiger partial charge in [0, 0.05) is 19.7 Å². The highest BCUT2D eigenvalue weighted by Gasteiger charge is 2.40. The van der Waals surface area contributed by atoms with Gasteiger partial charge in [0.25, 0.3) is 0 Å². The number of hydrogen-bond acceptors (Lipinski definition) is 4. The lowest BCUT2D eigenvalue weighted by Crippen LogP contribution is -2.33. The molecule has 1 aromatic rings. The van der Waals surface area contributed by atoms with Crippen molar-refractivity contribution in [2.45, 2.75) is 57.1 Å². The van der Waals surface area contributed by atoms with Gasteiger partial charge < -0.3 is 9.30 Å². The fraction of sp³-hybridized carbons (Fsp3) is 0.800. The first-order valence-corrected chi connectivity index (χ1v) is 9.74. The van der Waals surface area contributed by atoms with E-state index >= 15 is 0 Å². The summed E-state index contributed by atoms with van der Waals surface area (Å²) in [6.07, 6.45) is 6.85. The summed E-state index contributed by atoms with van der Waals surface area (Å²) in [5.41, 5.74) is 1.91. The highest BCUT2D eigenvalue weighted by atomic mass is 32.2. The maximum Gasteiger partial charge on any atom is 0.217 e. The lowest BCUT2D eigenvalue weighted by molar-refractivity contribution is 0.108. The second kappa shape index (κ2) is 5.62. The molecule has 0 aromatic carbocycles. The largest absolute Gasteiger partial charge is 0.375 e. The number of nitrogens with zero attached hydrogens (tertiary/aromatic N) is 3. The average molecular weight is 325 g/mol. The van der Waals surface area contributed by atoms with Gasteiger partial charge in [-0.3, -0.25) is 0 Å². The van der Waals surface area contributed by atoms with E-state index in [-0.39, 0.29) is 5.25 Å². The van der Waals surface area contributed by atoms with Crippen molar-refractivity contribution in [3.05, 3.63) is 17.7 Å². The summed E-state index contributed by atoms with van der Waals surface area (Å²) in [6, 6.07) is 0. The van der Waals surface area contributed by atoms with Gasteiger partial charge in [0.15, 0.2) is 0 Å². The van der Waals surface area contributed by atoms with Crippen LogP contribution in [0.25, 0.3) is 0 Å². The van der Waals surface area contributed by atoms with Gasteiger partial charge in [0.05, 0.1) is 36.1 Å². The molecular weight excluding hydrogens is 302 g/mol. The zero-order valence-corrected chi connectivity index (χ0v) is 13.6. The van der Waals surface area contributed by atoms with E-state index < -0.39 is 10.0 Å². The SMILES string of the molecule is O=S(=O)(C1CC1)N1CCCn2cnc(COCC3CC3)c2C1. The molecule has 0 N–H and O–H groups in total. The number of rotatable bonds is 6. The highest BCUT2D eigenvalue weighted by Crippen LogP contribution is 2.33. The molecule has 1 aliphatic heterocycles. The molecule has 2 aliphatic carbocycles. The number of sulfonamides is 1. The summed E-state index contributed by atoms with van der Waals surface area (Å²) in [5, 5.41) is -0.142. The predicted octanol–water partition coefficient (Wildman–Crippen LogP) is 1.51. The van der Waals surface area contributed by atoms with Crippen LogP contribution in [0.5, 0.6) is 0 Å². The zero-order valence-electron chi connectivity index (χ0n) is 12.8. The smallest absolute Gasteiger partial charge is 0.217 e. The normalized spacial score (nSPS) is 23.3. The van der Waals surface area contributed by atoms with Crippen molar-refractivity contribution >= 4 is 10.0 Å². The van der Waals surface area contributed by atoms with Crippen LogP contribution in [0.4, 0.5) is 0 Å². The molecule has 4 rings (SSSR count). The van der Waals surface area contributed by atoms with Crippen LogP contribution in [0.15, 0.2) is 6.33 Å². The third-order valence-corrected chi connectivity index (χ3v) is 7.11. The number of fused-ring (bicyclic) bond motifs is 1. The van der Waals surface area contributed by atoms with E-state index in [0.717, 1.165) is 49.7 Å². The third-order valence-electron chi connectivity index (χ3n) is 4.76. The van der Waals surface area contributed by atoms with Gasteiger partial charge in [-0.2, -0.15) is 4.31 Å². The Bertz CT molecular complexity index is 647. The Balaban J connectivity index is 1.49. The second-order valence-corrected chi connectivity index (χ2v) is 8.93. The first-order chi connectivity index (χ1) is 10.6.